The lowest BCUT2D eigenvalue weighted by Crippen LogP contribution is -2.07. The number of thiazole rings is 1. The van der Waals surface area contributed by atoms with E-state index in [-0.39, 0.29) is 11.9 Å². The van der Waals surface area contributed by atoms with Gasteiger partial charge in [0.1, 0.15) is 22.7 Å². The number of alkyl halides is 1. The van der Waals surface area contributed by atoms with Gasteiger partial charge in [-0.2, -0.15) is 0 Å². The van der Waals surface area contributed by atoms with Crippen LogP contribution in [-0.4, -0.2) is 4.98 Å². The highest BCUT2D eigenvalue weighted by Gasteiger charge is 2.17. The molecule has 1 heterocycles. The summed E-state index contributed by atoms with van der Waals surface area (Å²) < 4.78 is 19.8. The van der Waals surface area contributed by atoms with Crippen molar-refractivity contribution >= 4 is 38.9 Å². The summed E-state index contributed by atoms with van der Waals surface area (Å²) in [7, 11) is 0. The van der Waals surface area contributed by atoms with Crippen molar-refractivity contribution < 1.29 is 9.13 Å². The Morgan fingerprint density at radius 3 is 2.95 bits per heavy atom. The molecule has 0 aliphatic heterocycles. The largest absolute Gasteiger partial charge is 0.482 e. The van der Waals surface area contributed by atoms with Gasteiger partial charge in [0, 0.05) is 11.4 Å². The Balaban J connectivity index is 2.21. The highest BCUT2D eigenvalue weighted by atomic mass is 79.9. The second-order valence-corrected chi connectivity index (χ2v) is 5.91. The van der Waals surface area contributed by atoms with Gasteiger partial charge in [0.05, 0.1) is 16.0 Å². The van der Waals surface area contributed by atoms with Gasteiger partial charge in [-0.3, -0.25) is 0 Å². The standard InChI is InChI=1S/C13H12BrClFNOS/c1-2-11(13-17-9(6-15)7-19-13)18-12-5-8(16)3-4-10(12)14/h3-5,7,11H,2,6H2,1H3. The maximum absolute atomic E-state index is 13.2. The number of benzene rings is 1. The first-order valence-electron chi connectivity index (χ1n) is 5.76. The molecule has 2 nitrogen and oxygen atoms in total. The SMILES string of the molecule is CCC(Oc1cc(F)ccc1Br)c1nc(CCl)cs1. The molecule has 1 unspecified atom stereocenters. The molecule has 1 aromatic carbocycles. The molecule has 2 aromatic rings. The summed E-state index contributed by atoms with van der Waals surface area (Å²) in [5.41, 5.74) is 0.835. The Labute approximate surface area is 128 Å². The molecule has 0 saturated heterocycles. The smallest absolute Gasteiger partial charge is 0.150 e. The van der Waals surface area contributed by atoms with Crippen molar-refractivity contribution in [1.29, 1.82) is 0 Å². The van der Waals surface area contributed by atoms with Crippen molar-refractivity contribution in [3.63, 3.8) is 0 Å². The molecule has 0 saturated carbocycles. The summed E-state index contributed by atoms with van der Waals surface area (Å²) in [6.45, 7) is 2.00. The van der Waals surface area contributed by atoms with Crippen LogP contribution in [0.4, 0.5) is 4.39 Å². The first-order chi connectivity index (χ1) is 9.13. The van der Waals surface area contributed by atoms with E-state index in [0.29, 0.717) is 11.6 Å². The van der Waals surface area contributed by atoms with E-state index < -0.39 is 0 Å². The fourth-order valence-electron chi connectivity index (χ4n) is 1.56. The minimum absolute atomic E-state index is 0.194. The molecule has 1 atom stereocenters. The van der Waals surface area contributed by atoms with Crippen LogP contribution in [-0.2, 0) is 5.88 Å². The van der Waals surface area contributed by atoms with E-state index >= 15 is 0 Å². The lowest BCUT2D eigenvalue weighted by atomic mass is 10.2. The normalized spacial score (nSPS) is 12.4. The minimum atomic E-state index is -0.325. The van der Waals surface area contributed by atoms with Crippen molar-refractivity contribution in [2.45, 2.75) is 25.3 Å². The summed E-state index contributed by atoms with van der Waals surface area (Å²) in [6, 6.07) is 4.37. The number of aromatic nitrogens is 1. The molecule has 1 aromatic heterocycles. The highest BCUT2D eigenvalue weighted by Crippen LogP contribution is 2.32. The van der Waals surface area contributed by atoms with Gasteiger partial charge >= 0.3 is 0 Å². The number of halogens is 3. The van der Waals surface area contributed by atoms with Crippen molar-refractivity contribution in [3.05, 3.63) is 44.6 Å². The van der Waals surface area contributed by atoms with E-state index in [2.05, 4.69) is 20.9 Å². The molecular formula is C13H12BrClFNOS. The van der Waals surface area contributed by atoms with Gasteiger partial charge in [0.15, 0.2) is 0 Å². The molecule has 0 aliphatic rings. The summed E-state index contributed by atoms with van der Waals surface area (Å²) in [5, 5.41) is 2.77. The third-order valence-electron chi connectivity index (χ3n) is 2.52. The molecule has 0 N–H and O–H groups in total. The Morgan fingerprint density at radius 2 is 2.32 bits per heavy atom. The zero-order valence-corrected chi connectivity index (χ0v) is 13.4. The molecule has 0 bridgehead atoms. The van der Waals surface area contributed by atoms with E-state index in [1.807, 2.05) is 12.3 Å². The van der Waals surface area contributed by atoms with Crippen molar-refractivity contribution in [1.82, 2.24) is 4.98 Å². The van der Waals surface area contributed by atoms with E-state index in [1.54, 1.807) is 6.07 Å². The quantitative estimate of drug-likeness (QED) is 0.670. The first-order valence-corrected chi connectivity index (χ1v) is 7.96. The summed E-state index contributed by atoms with van der Waals surface area (Å²) in [4.78, 5) is 4.40. The van der Waals surface area contributed by atoms with Gasteiger partial charge in [0.2, 0.25) is 0 Å². The van der Waals surface area contributed by atoms with Crippen LogP contribution in [0, 0.1) is 5.82 Å². The van der Waals surface area contributed by atoms with E-state index in [0.717, 1.165) is 21.6 Å². The van der Waals surface area contributed by atoms with E-state index in [9.17, 15) is 4.39 Å². The average molecular weight is 365 g/mol. The van der Waals surface area contributed by atoms with Gasteiger partial charge in [-0.05, 0) is 34.5 Å². The van der Waals surface area contributed by atoms with Gasteiger partial charge in [-0.25, -0.2) is 9.37 Å². The number of ether oxygens (including phenoxy) is 1. The number of hydrogen-bond acceptors (Lipinski definition) is 3. The van der Waals surface area contributed by atoms with Crippen LogP contribution in [0.15, 0.2) is 28.1 Å². The van der Waals surface area contributed by atoms with Crippen LogP contribution >= 0.6 is 38.9 Å². The number of hydrogen-bond donors (Lipinski definition) is 0. The van der Waals surface area contributed by atoms with Crippen molar-refractivity contribution in [3.8, 4) is 5.75 Å². The first kappa shape index (κ1) is 14.8. The number of nitrogens with zero attached hydrogens (tertiary/aromatic N) is 1. The minimum Gasteiger partial charge on any atom is -0.482 e. The maximum atomic E-state index is 13.2. The van der Waals surface area contributed by atoms with E-state index in [1.165, 1.54) is 23.5 Å². The monoisotopic (exact) mass is 363 g/mol. The zero-order valence-electron chi connectivity index (χ0n) is 10.2. The predicted molar refractivity (Wildman–Crippen MR) is 79.4 cm³/mol. The molecular weight excluding hydrogens is 353 g/mol. The Morgan fingerprint density at radius 1 is 1.53 bits per heavy atom. The van der Waals surface area contributed by atoms with E-state index in [4.69, 9.17) is 16.3 Å². The fourth-order valence-corrected chi connectivity index (χ4v) is 3.06. The molecule has 0 fully saturated rings. The Kier molecular flexibility index (Phi) is 5.19. The Bertz CT molecular complexity index is 563. The van der Waals surface area contributed by atoms with Crippen molar-refractivity contribution in [2.75, 3.05) is 0 Å². The van der Waals surface area contributed by atoms with Crippen LogP contribution in [0.25, 0.3) is 0 Å². The predicted octanol–water partition coefficient (Wildman–Crippen LogP) is 5.31. The topological polar surface area (TPSA) is 22.1 Å². The molecule has 0 amide bonds. The maximum Gasteiger partial charge on any atom is 0.150 e. The van der Waals surface area contributed by atoms with Gasteiger partial charge < -0.3 is 4.74 Å². The van der Waals surface area contributed by atoms with Crippen LogP contribution in [0.1, 0.15) is 30.2 Å². The van der Waals surface area contributed by atoms with Gasteiger partial charge in [-0.15, -0.1) is 22.9 Å². The van der Waals surface area contributed by atoms with Gasteiger partial charge in [-0.1, -0.05) is 6.92 Å². The zero-order chi connectivity index (χ0) is 13.8. The van der Waals surface area contributed by atoms with Crippen LogP contribution in [0.2, 0.25) is 0 Å². The molecule has 0 radical (unpaired) electrons. The van der Waals surface area contributed by atoms with Gasteiger partial charge in [0.25, 0.3) is 0 Å². The third kappa shape index (κ3) is 3.68. The molecule has 2 rings (SSSR count). The molecule has 102 valence electrons. The molecule has 6 heteroatoms. The molecule has 19 heavy (non-hydrogen) atoms. The molecule has 0 aliphatic carbocycles. The molecule has 0 spiro atoms. The summed E-state index contributed by atoms with van der Waals surface area (Å²) in [5.74, 6) is 0.541. The number of rotatable bonds is 5. The second kappa shape index (κ2) is 6.68. The van der Waals surface area contributed by atoms with Crippen molar-refractivity contribution in [2.24, 2.45) is 0 Å². The van der Waals surface area contributed by atoms with Crippen LogP contribution in [0.5, 0.6) is 5.75 Å². The lowest BCUT2D eigenvalue weighted by Gasteiger charge is -2.16. The average Bonchev–Trinajstić information content (AvgIpc) is 2.88. The second-order valence-electron chi connectivity index (χ2n) is 3.90. The summed E-state index contributed by atoms with van der Waals surface area (Å²) in [6.07, 6.45) is 0.554. The highest BCUT2D eigenvalue weighted by molar-refractivity contribution is 9.10. The van der Waals surface area contributed by atoms with Crippen LogP contribution < -0.4 is 4.74 Å². The summed E-state index contributed by atoms with van der Waals surface area (Å²) >= 11 is 10.6. The Hall–Kier alpha value is -0.650. The third-order valence-corrected chi connectivity index (χ3v) is 4.43. The van der Waals surface area contributed by atoms with Crippen LogP contribution in [0.3, 0.4) is 0 Å². The lowest BCUT2D eigenvalue weighted by molar-refractivity contribution is 0.198. The fraction of sp³-hybridized carbons (Fsp3) is 0.308.